The number of likely N-dealkylation sites (tertiary alicyclic amines) is 1. The topological polar surface area (TPSA) is 69.6 Å². The summed E-state index contributed by atoms with van der Waals surface area (Å²) < 4.78 is 13.9. The molecule has 1 saturated heterocycles. The van der Waals surface area contributed by atoms with Crippen LogP contribution in [0.1, 0.15) is 30.1 Å². The number of amides is 2. The van der Waals surface area contributed by atoms with Gasteiger partial charge in [0.15, 0.2) is 0 Å². The van der Waals surface area contributed by atoms with E-state index >= 15 is 0 Å². The first-order valence-corrected chi connectivity index (χ1v) is 6.98. The van der Waals surface area contributed by atoms with Crippen LogP contribution in [0.3, 0.4) is 0 Å². The minimum atomic E-state index is -0.611. The fourth-order valence-electron chi connectivity index (χ4n) is 2.54. The summed E-state index contributed by atoms with van der Waals surface area (Å²) in [6.07, 6.45) is 1.67. The Morgan fingerprint density at radius 2 is 2.24 bits per heavy atom. The van der Waals surface area contributed by atoms with Gasteiger partial charge in [0.25, 0.3) is 5.91 Å². The largest absolute Gasteiger partial charge is 0.396 e. The highest BCUT2D eigenvalue weighted by atomic mass is 19.1. The maximum Gasteiger partial charge on any atom is 0.256 e. The van der Waals surface area contributed by atoms with Gasteiger partial charge in [0.05, 0.1) is 5.56 Å². The van der Waals surface area contributed by atoms with E-state index in [2.05, 4.69) is 5.32 Å². The number of anilines is 1. The van der Waals surface area contributed by atoms with E-state index in [4.69, 9.17) is 0 Å². The molecule has 2 N–H and O–H groups in total. The normalized spacial score (nSPS) is 18.4. The van der Waals surface area contributed by atoms with Crippen molar-refractivity contribution >= 4 is 17.5 Å². The molecule has 0 radical (unpaired) electrons. The molecule has 0 saturated carbocycles. The fraction of sp³-hybridized carbons (Fsp3) is 0.467. The first kappa shape index (κ1) is 15.4. The summed E-state index contributed by atoms with van der Waals surface area (Å²) in [5, 5.41) is 11.7. The van der Waals surface area contributed by atoms with Gasteiger partial charge in [0, 0.05) is 32.3 Å². The average molecular weight is 294 g/mol. The van der Waals surface area contributed by atoms with E-state index in [1.54, 1.807) is 4.90 Å². The van der Waals surface area contributed by atoms with Crippen molar-refractivity contribution in [2.45, 2.75) is 19.8 Å². The lowest BCUT2D eigenvalue weighted by Gasteiger charge is -2.32. The summed E-state index contributed by atoms with van der Waals surface area (Å²) in [7, 11) is 0. The molecule has 1 aliphatic heterocycles. The second-order valence-corrected chi connectivity index (χ2v) is 5.32. The minimum Gasteiger partial charge on any atom is -0.396 e. The lowest BCUT2D eigenvalue weighted by atomic mass is 9.98. The summed E-state index contributed by atoms with van der Waals surface area (Å²) in [4.78, 5) is 25.0. The number of aliphatic hydroxyl groups excluding tert-OH is 1. The van der Waals surface area contributed by atoms with Gasteiger partial charge in [-0.05, 0) is 37.0 Å². The Kier molecular flexibility index (Phi) is 4.90. The number of carbonyl (C=O) groups excluding carboxylic acids is 2. The highest BCUT2D eigenvalue weighted by Crippen LogP contribution is 2.21. The molecule has 0 bridgehead atoms. The van der Waals surface area contributed by atoms with Crippen LogP contribution in [0.2, 0.25) is 0 Å². The summed E-state index contributed by atoms with van der Waals surface area (Å²) in [6, 6.07) is 3.94. The quantitative estimate of drug-likeness (QED) is 0.890. The molecule has 5 nitrogen and oxygen atoms in total. The molecule has 21 heavy (non-hydrogen) atoms. The Morgan fingerprint density at radius 3 is 2.90 bits per heavy atom. The maximum atomic E-state index is 13.9. The molecule has 0 spiro atoms. The summed E-state index contributed by atoms with van der Waals surface area (Å²) in [5.41, 5.74) is 0.336. The molecule has 1 aromatic carbocycles. The highest BCUT2D eigenvalue weighted by Gasteiger charge is 2.25. The third-order valence-corrected chi connectivity index (χ3v) is 3.58. The van der Waals surface area contributed by atoms with E-state index in [0.717, 1.165) is 12.8 Å². The third-order valence-electron chi connectivity index (χ3n) is 3.58. The SMILES string of the molecule is CC(=O)Nc1ccc(F)c(C(=O)N2CCCC(CO)C2)c1. The lowest BCUT2D eigenvalue weighted by molar-refractivity contribution is -0.114. The van der Waals surface area contributed by atoms with Gasteiger partial charge in [-0.1, -0.05) is 0 Å². The third kappa shape index (κ3) is 3.78. The zero-order valence-electron chi connectivity index (χ0n) is 11.9. The first-order chi connectivity index (χ1) is 10.0. The van der Waals surface area contributed by atoms with Crippen molar-refractivity contribution in [3.8, 4) is 0 Å². The van der Waals surface area contributed by atoms with E-state index in [1.807, 2.05) is 0 Å². The van der Waals surface area contributed by atoms with E-state index in [9.17, 15) is 19.1 Å². The standard InChI is InChI=1S/C15H19FN2O3/c1-10(20)17-12-4-5-14(16)13(7-12)15(21)18-6-2-3-11(8-18)9-19/h4-5,7,11,19H,2-3,6,8-9H2,1H3,(H,17,20). The number of nitrogens with one attached hydrogen (secondary N) is 1. The smallest absolute Gasteiger partial charge is 0.256 e. The molecule has 114 valence electrons. The molecule has 2 amide bonds. The average Bonchev–Trinajstić information content (AvgIpc) is 2.48. The van der Waals surface area contributed by atoms with Crippen LogP contribution in [0.4, 0.5) is 10.1 Å². The molecule has 1 fully saturated rings. The first-order valence-electron chi connectivity index (χ1n) is 6.98. The zero-order valence-corrected chi connectivity index (χ0v) is 11.9. The van der Waals surface area contributed by atoms with Crippen LogP contribution in [0, 0.1) is 11.7 Å². The van der Waals surface area contributed by atoms with E-state index in [-0.39, 0.29) is 24.0 Å². The molecule has 0 aromatic heterocycles. The summed E-state index contributed by atoms with van der Waals surface area (Å²) in [6.45, 7) is 2.36. The van der Waals surface area contributed by atoms with Crippen LogP contribution in [-0.4, -0.2) is 41.5 Å². The maximum absolute atomic E-state index is 13.9. The number of rotatable bonds is 3. The molecular weight excluding hydrogens is 275 g/mol. The molecule has 2 rings (SSSR count). The molecule has 1 unspecified atom stereocenters. The fourth-order valence-corrected chi connectivity index (χ4v) is 2.54. The Labute approximate surface area is 122 Å². The van der Waals surface area contributed by atoms with Gasteiger partial charge in [-0.2, -0.15) is 0 Å². The molecule has 1 aliphatic rings. The number of nitrogens with zero attached hydrogens (tertiary/aromatic N) is 1. The second kappa shape index (κ2) is 6.67. The molecule has 0 aliphatic carbocycles. The van der Waals surface area contributed by atoms with Crippen LogP contribution in [0.25, 0.3) is 0 Å². The zero-order chi connectivity index (χ0) is 15.4. The van der Waals surface area contributed by atoms with Crippen molar-refractivity contribution in [1.29, 1.82) is 0 Å². The summed E-state index contributed by atoms with van der Waals surface area (Å²) >= 11 is 0. The molecule has 1 atom stereocenters. The van der Waals surface area contributed by atoms with Gasteiger partial charge in [-0.15, -0.1) is 0 Å². The number of benzene rings is 1. The Morgan fingerprint density at radius 1 is 1.48 bits per heavy atom. The minimum absolute atomic E-state index is 0.0260. The Bertz CT molecular complexity index is 548. The second-order valence-electron chi connectivity index (χ2n) is 5.32. The van der Waals surface area contributed by atoms with Crippen molar-refractivity contribution in [2.75, 3.05) is 25.0 Å². The molecule has 1 aromatic rings. The van der Waals surface area contributed by atoms with Crippen LogP contribution >= 0.6 is 0 Å². The van der Waals surface area contributed by atoms with Crippen LogP contribution < -0.4 is 5.32 Å². The Balaban J connectivity index is 2.19. The lowest BCUT2D eigenvalue weighted by Crippen LogP contribution is -2.41. The van der Waals surface area contributed by atoms with Crippen molar-refractivity contribution in [2.24, 2.45) is 5.92 Å². The van der Waals surface area contributed by atoms with Crippen molar-refractivity contribution in [1.82, 2.24) is 4.90 Å². The number of halogens is 1. The van der Waals surface area contributed by atoms with Crippen molar-refractivity contribution < 1.29 is 19.1 Å². The molecule has 1 heterocycles. The van der Waals surface area contributed by atoms with Crippen LogP contribution in [-0.2, 0) is 4.79 Å². The van der Waals surface area contributed by atoms with E-state index in [0.29, 0.717) is 18.8 Å². The van der Waals surface area contributed by atoms with E-state index in [1.165, 1.54) is 25.1 Å². The number of hydrogen-bond acceptors (Lipinski definition) is 3. The molecule has 6 heteroatoms. The van der Waals surface area contributed by atoms with Crippen molar-refractivity contribution in [3.05, 3.63) is 29.6 Å². The van der Waals surface area contributed by atoms with Crippen LogP contribution in [0.15, 0.2) is 18.2 Å². The van der Waals surface area contributed by atoms with Gasteiger partial charge in [0.2, 0.25) is 5.91 Å². The summed E-state index contributed by atoms with van der Waals surface area (Å²) in [5.74, 6) is -1.25. The molecular formula is C15H19FN2O3. The predicted molar refractivity (Wildman–Crippen MR) is 76.4 cm³/mol. The number of piperidine rings is 1. The van der Waals surface area contributed by atoms with Gasteiger partial charge >= 0.3 is 0 Å². The van der Waals surface area contributed by atoms with Gasteiger partial charge in [0.1, 0.15) is 5.82 Å². The highest BCUT2D eigenvalue weighted by molar-refractivity contribution is 5.97. The van der Waals surface area contributed by atoms with E-state index < -0.39 is 11.7 Å². The predicted octanol–water partition coefficient (Wildman–Crippen LogP) is 1.63. The Hall–Kier alpha value is -1.95. The number of carbonyl (C=O) groups is 2. The van der Waals surface area contributed by atoms with Crippen molar-refractivity contribution in [3.63, 3.8) is 0 Å². The number of hydrogen-bond donors (Lipinski definition) is 2. The monoisotopic (exact) mass is 294 g/mol. The van der Waals surface area contributed by atoms with Gasteiger partial charge < -0.3 is 15.3 Å². The van der Waals surface area contributed by atoms with Crippen LogP contribution in [0.5, 0.6) is 0 Å². The number of aliphatic hydroxyl groups is 1. The van der Waals surface area contributed by atoms with Gasteiger partial charge in [-0.3, -0.25) is 9.59 Å². The van der Waals surface area contributed by atoms with Gasteiger partial charge in [-0.25, -0.2) is 4.39 Å².